The van der Waals surface area contributed by atoms with E-state index in [1.807, 2.05) is 36.4 Å². The van der Waals surface area contributed by atoms with Crippen LogP contribution >= 0.6 is 31.9 Å². The molecule has 1 saturated heterocycles. The van der Waals surface area contributed by atoms with Crippen molar-refractivity contribution < 1.29 is 51.6 Å². The van der Waals surface area contributed by atoms with E-state index >= 15 is 0 Å². The normalized spacial score (nSPS) is 19.1. The monoisotopic (exact) mass is 1060 g/mol. The van der Waals surface area contributed by atoms with E-state index in [1.54, 1.807) is 0 Å². The summed E-state index contributed by atoms with van der Waals surface area (Å²) in [5, 5.41) is 34.4. The number of Topliss-reactive ketones (excluding diaryl/α,β-unsaturated/α-hetero) is 1. The van der Waals surface area contributed by atoms with Crippen LogP contribution in [0.5, 0.6) is 0 Å². The lowest BCUT2D eigenvalue weighted by Gasteiger charge is -2.45. The summed E-state index contributed by atoms with van der Waals surface area (Å²) in [4.78, 5) is 35.4. The van der Waals surface area contributed by atoms with Crippen molar-refractivity contribution in [1.29, 1.82) is 0 Å². The van der Waals surface area contributed by atoms with Crippen LogP contribution in [-0.2, 0) is 47.8 Å². The number of carbonyl (C=O) groups is 3. The van der Waals surface area contributed by atoms with Gasteiger partial charge in [-0.05, 0) is 109 Å². The molecule has 2 saturated carbocycles. The Labute approximate surface area is 405 Å². The average Bonchev–Trinajstić information content (AvgIpc) is 3.73. The van der Waals surface area contributed by atoms with Gasteiger partial charge in [-0.15, -0.1) is 0 Å². The predicted octanol–water partition coefficient (Wildman–Crippen LogP) is 7.70. The zero-order valence-electron chi connectivity index (χ0n) is 37.5. The van der Waals surface area contributed by atoms with Crippen LogP contribution in [0.15, 0.2) is 93.9 Å². The highest BCUT2D eigenvalue weighted by atomic mass is 79.9. The molecule has 0 unspecified atom stereocenters. The maximum Gasteiger partial charge on any atom is 0.217 e. The molecule has 4 aromatic carbocycles. The van der Waals surface area contributed by atoms with E-state index in [4.69, 9.17) is 9.47 Å². The number of hydrogen-bond donors (Lipinski definition) is 6. The Kier molecular flexibility index (Phi) is 18.3. The molecule has 2 aliphatic carbocycles. The zero-order valence-corrected chi connectivity index (χ0v) is 40.7. The number of halogens is 6. The van der Waals surface area contributed by atoms with Crippen LogP contribution in [0.2, 0.25) is 0 Å². The molecule has 1 spiro atoms. The molecule has 6 N–H and O–H groups in total. The molecule has 0 aromatic heterocycles. The molecular weight excluding hydrogens is 1000 g/mol. The molecule has 0 radical (unpaired) electrons. The van der Waals surface area contributed by atoms with Crippen molar-refractivity contribution in [3.8, 4) is 0 Å². The van der Waals surface area contributed by atoms with Gasteiger partial charge in [0.05, 0.1) is 37.5 Å². The predicted molar refractivity (Wildman–Crippen MR) is 252 cm³/mol. The van der Waals surface area contributed by atoms with Crippen LogP contribution in [-0.4, -0.2) is 84.2 Å². The first-order valence-electron chi connectivity index (χ1n) is 22.5. The number of ether oxygens (including phenoxy) is 2. The lowest BCUT2D eigenvalue weighted by atomic mass is 9.74. The van der Waals surface area contributed by atoms with Gasteiger partial charge in [-0.1, -0.05) is 56.1 Å². The summed E-state index contributed by atoms with van der Waals surface area (Å²) < 4.78 is 68.3. The van der Waals surface area contributed by atoms with Crippen molar-refractivity contribution in [2.75, 3.05) is 26.3 Å². The van der Waals surface area contributed by atoms with Gasteiger partial charge in [0.25, 0.3) is 0 Å². The Hall–Kier alpha value is -4.07. The molecule has 3 fully saturated rings. The number of benzene rings is 4. The van der Waals surface area contributed by atoms with E-state index in [2.05, 4.69) is 65.3 Å². The molecule has 67 heavy (non-hydrogen) atoms. The number of carbonyl (C=O) groups excluding carboxylic acids is 3. The third-order valence-corrected chi connectivity index (χ3v) is 13.8. The standard InChI is InChI=1S/C26H31BrF2N2O4.C24H27BrF2N2O3/c1-17(32)31-23(13-18-11-21(28)15-22(29)12-18)24(33)16-30-25(19-3-2-4-20(27)14-19)5-7-26(8-6-25)34-9-10-35-26;1-15(30)29-22(11-16-9-19(26)13-20(27)10-16)23(32)14-28-24(7-5-21(31)6-8-24)17-3-2-4-18(25)12-17/h2-4,11-12,14-15,23-24,30,33H,5-10,13,16H2,1H3,(H,31,32);2-4,9-10,12-13,22-23,28,32H,5-8,11,14H2,1H3,(H,29,30)/t23-,24+;22-,23+/m00/s1. The van der Waals surface area contributed by atoms with Gasteiger partial charge in [0.2, 0.25) is 11.8 Å². The van der Waals surface area contributed by atoms with Crippen molar-refractivity contribution >= 4 is 49.5 Å². The van der Waals surface area contributed by atoms with Crippen molar-refractivity contribution in [2.24, 2.45) is 0 Å². The van der Waals surface area contributed by atoms with E-state index in [0.717, 1.165) is 45.0 Å². The highest BCUT2D eigenvalue weighted by Gasteiger charge is 2.47. The number of nitrogens with one attached hydrogen (secondary N) is 4. The summed E-state index contributed by atoms with van der Waals surface area (Å²) in [5.74, 6) is -3.84. The van der Waals surface area contributed by atoms with Gasteiger partial charge in [0, 0.05) is 84.8 Å². The number of ketones is 1. The van der Waals surface area contributed by atoms with Gasteiger partial charge in [0.1, 0.15) is 29.1 Å². The third kappa shape index (κ3) is 14.7. The van der Waals surface area contributed by atoms with E-state index in [9.17, 15) is 42.2 Å². The fraction of sp³-hybridized carbons (Fsp3) is 0.460. The molecule has 3 aliphatic rings. The summed E-state index contributed by atoms with van der Waals surface area (Å²) in [7, 11) is 0. The van der Waals surface area contributed by atoms with Crippen LogP contribution in [0.1, 0.15) is 87.5 Å². The van der Waals surface area contributed by atoms with Gasteiger partial charge in [-0.2, -0.15) is 0 Å². The van der Waals surface area contributed by atoms with Gasteiger partial charge in [0.15, 0.2) is 5.79 Å². The summed E-state index contributed by atoms with van der Waals surface area (Å²) in [5.41, 5.74) is 1.86. The van der Waals surface area contributed by atoms with Crippen LogP contribution in [0.3, 0.4) is 0 Å². The number of aliphatic hydroxyl groups excluding tert-OH is 2. The number of aliphatic hydroxyl groups is 2. The molecule has 0 bridgehead atoms. The second kappa shape index (κ2) is 23.5. The summed E-state index contributed by atoms with van der Waals surface area (Å²) in [6.07, 6.45) is 3.08. The quantitative estimate of drug-likeness (QED) is 0.0619. The minimum Gasteiger partial charge on any atom is -0.390 e. The smallest absolute Gasteiger partial charge is 0.217 e. The molecule has 2 amide bonds. The highest BCUT2D eigenvalue weighted by Crippen LogP contribution is 2.45. The Bertz CT molecular complexity index is 2290. The van der Waals surface area contributed by atoms with E-state index in [1.165, 1.54) is 38.1 Å². The Balaban J connectivity index is 0.000000222. The van der Waals surface area contributed by atoms with Gasteiger partial charge in [-0.25, -0.2) is 17.6 Å². The number of hydrogen-bond acceptors (Lipinski definition) is 9. The van der Waals surface area contributed by atoms with Gasteiger partial charge >= 0.3 is 0 Å². The number of amides is 2. The summed E-state index contributed by atoms with van der Waals surface area (Å²) >= 11 is 7.05. The Morgan fingerprint density at radius 3 is 1.37 bits per heavy atom. The molecule has 4 atom stereocenters. The van der Waals surface area contributed by atoms with Gasteiger partial charge in [-0.3, -0.25) is 14.4 Å². The van der Waals surface area contributed by atoms with E-state index in [0.29, 0.717) is 62.9 Å². The molecule has 17 heteroatoms. The van der Waals surface area contributed by atoms with Crippen LogP contribution in [0.25, 0.3) is 0 Å². The first-order valence-corrected chi connectivity index (χ1v) is 24.1. The maximum atomic E-state index is 13.7. The van der Waals surface area contributed by atoms with Crippen molar-refractivity contribution in [3.05, 3.63) is 139 Å². The van der Waals surface area contributed by atoms with Crippen LogP contribution < -0.4 is 21.3 Å². The van der Waals surface area contributed by atoms with Crippen molar-refractivity contribution in [2.45, 2.75) is 119 Å². The second-order valence-corrected chi connectivity index (χ2v) is 19.6. The summed E-state index contributed by atoms with van der Waals surface area (Å²) in [6, 6.07) is 20.8. The average molecular weight is 1060 g/mol. The lowest BCUT2D eigenvalue weighted by molar-refractivity contribution is -0.187. The lowest BCUT2D eigenvalue weighted by Crippen LogP contribution is -2.55. The minimum atomic E-state index is -1.02. The third-order valence-electron chi connectivity index (χ3n) is 12.9. The van der Waals surface area contributed by atoms with E-state index < -0.39 is 64.4 Å². The molecule has 7 rings (SSSR count). The summed E-state index contributed by atoms with van der Waals surface area (Å²) in [6.45, 7) is 4.16. The second-order valence-electron chi connectivity index (χ2n) is 17.8. The van der Waals surface area contributed by atoms with Crippen molar-refractivity contribution in [1.82, 2.24) is 21.3 Å². The topological polar surface area (TPSA) is 158 Å². The van der Waals surface area contributed by atoms with Crippen LogP contribution in [0.4, 0.5) is 17.6 Å². The molecule has 11 nitrogen and oxygen atoms in total. The highest BCUT2D eigenvalue weighted by molar-refractivity contribution is 9.10. The molecule has 1 aliphatic heterocycles. The Morgan fingerprint density at radius 1 is 0.612 bits per heavy atom. The number of rotatable bonds is 16. The SMILES string of the molecule is CC(=O)N[C@@H](Cc1cc(F)cc(F)c1)[C@H](O)CNC1(c2cccc(Br)c2)CCC(=O)CC1.CC(=O)N[C@@H](Cc1cc(F)cc(F)c1)[C@H](O)CNC1(c2cccc(Br)c2)CCC2(CC1)OCCO2. The fourth-order valence-electron chi connectivity index (χ4n) is 9.44. The molecule has 4 aromatic rings. The first kappa shape index (κ1) is 52.3. The maximum absolute atomic E-state index is 13.7. The first-order chi connectivity index (χ1) is 31.8. The Morgan fingerprint density at radius 2 is 1.00 bits per heavy atom. The molecule has 362 valence electrons. The van der Waals surface area contributed by atoms with Crippen molar-refractivity contribution in [3.63, 3.8) is 0 Å². The van der Waals surface area contributed by atoms with E-state index in [-0.39, 0.29) is 43.5 Å². The minimum absolute atomic E-state index is 0.0689. The zero-order chi connectivity index (χ0) is 48.4. The fourth-order valence-corrected chi connectivity index (χ4v) is 10.2. The van der Waals surface area contributed by atoms with Crippen LogP contribution in [0, 0.1) is 23.3 Å². The molecule has 1 heterocycles. The van der Waals surface area contributed by atoms with Gasteiger partial charge < -0.3 is 41.0 Å². The molecular formula is C50H58Br2F4N4O7. The largest absolute Gasteiger partial charge is 0.390 e.